The van der Waals surface area contributed by atoms with Gasteiger partial charge in [-0.25, -0.2) is 4.68 Å². The van der Waals surface area contributed by atoms with Crippen molar-refractivity contribution in [1.29, 1.82) is 0 Å². The first kappa shape index (κ1) is 20.2. The van der Waals surface area contributed by atoms with E-state index in [-0.39, 0.29) is 11.9 Å². The average molecular weight is 358 g/mol. The maximum Gasteiger partial charge on any atom is 0.315 e. The summed E-state index contributed by atoms with van der Waals surface area (Å²) in [6, 6.07) is 7.91. The van der Waals surface area contributed by atoms with Crippen LogP contribution in [0.2, 0.25) is 0 Å². The van der Waals surface area contributed by atoms with Gasteiger partial charge < -0.3 is 9.47 Å². The lowest BCUT2D eigenvalue weighted by molar-refractivity contribution is -0.139. The second kappa shape index (κ2) is 9.53. The molecule has 0 amide bonds. The molecular weight excluding hydrogens is 328 g/mol. The molecule has 1 heterocycles. The highest BCUT2D eigenvalue weighted by Crippen LogP contribution is 2.25. The predicted octanol–water partition coefficient (Wildman–Crippen LogP) is 4.76. The Kier molecular flexibility index (Phi) is 7.39. The zero-order chi connectivity index (χ0) is 19.1. The molecule has 2 aromatic rings. The third-order valence-corrected chi connectivity index (χ3v) is 4.54. The number of ether oxygens (including phenoxy) is 2. The first-order chi connectivity index (χ1) is 12.5. The van der Waals surface area contributed by atoms with E-state index in [9.17, 15) is 4.79 Å². The Morgan fingerprint density at radius 3 is 2.62 bits per heavy atom. The van der Waals surface area contributed by atoms with E-state index in [1.54, 1.807) is 17.9 Å². The van der Waals surface area contributed by atoms with Crippen molar-refractivity contribution in [2.45, 2.75) is 60.0 Å². The summed E-state index contributed by atoms with van der Waals surface area (Å²) >= 11 is 0. The number of aryl methyl sites for hydroxylation is 2. The Balaban J connectivity index is 2.33. The van der Waals surface area contributed by atoms with Gasteiger partial charge in [-0.05, 0) is 38.3 Å². The van der Waals surface area contributed by atoms with Crippen molar-refractivity contribution in [1.82, 2.24) is 9.78 Å². The molecule has 0 aliphatic rings. The summed E-state index contributed by atoms with van der Waals surface area (Å²) < 4.78 is 12.7. The molecule has 1 atom stereocenters. The Labute approximate surface area is 156 Å². The van der Waals surface area contributed by atoms with Gasteiger partial charge in [-0.15, -0.1) is 0 Å². The largest absolute Gasteiger partial charge is 0.407 e. The second-order valence-electron chi connectivity index (χ2n) is 6.78. The van der Waals surface area contributed by atoms with E-state index in [0.717, 1.165) is 42.6 Å². The van der Waals surface area contributed by atoms with Crippen LogP contribution < -0.4 is 4.74 Å². The summed E-state index contributed by atoms with van der Waals surface area (Å²) in [5.74, 6) is 0.183. The number of hydrogen-bond acceptors (Lipinski definition) is 4. The quantitative estimate of drug-likeness (QED) is 0.607. The maximum absolute atomic E-state index is 12.6. The molecule has 5 nitrogen and oxygen atoms in total. The number of benzene rings is 1. The van der Waals surface area contributed by atoms with Gasteiger partial charge in [0.1, 0.15) is 0 Å². The van der Waals surface area contributed by atoms with E-state index < -0.39 is 0 Å². The predicted molar refractivity (Wildman–Crippen MR) is 103 cm³/mol. The van der Waals surface area contributed by atoms with Crippen molar-refractivity contribution in [2.75, 3.05) is 7.11 Å². The molecule has 0 radical (unpaired) electrons. The SMILES string of the molecule is CCCCC(CC)C(=O)Oc1cc(COC)nn1-c1ccc(C)cc1C. The van der Waals surface area contributed by atoms with E-state index in [4.69, 9.17) is 9.47 Å². The number of hydrogen-bond donors (Lipinski definition) is 0. The molecule has 0 aliphatic carbocycles. The van der Waals surface area contributed by atoms with Crippen molar-refractivity contribution in [3.8, 4) is 11.6 Å². The van der Waals surface area contributed by atoms with Gasteiger partial charge in [0.25, 0.3) is 0 Å². The molecule has 2 rings (SSSR count). The molecule has 0 N–H and O–H groups in total. The summed E-state index contributed by atoms with van der Waals surface area (Å²) in [6.07, 6.45) is 3.73. The van der Waals surface area contributed by atoms with Crippen LogP contribution in [-0.4, -0.2) is 22.9 Å². The maximum atomic E-state index is 12.6. The first-order valence-corrected chi connectivity index (χ1v) is 9.37. The number of carbonyl (C=O) groups is 1. The monoisotopic (exact) mass is 358 g/mol. The third-order valence-electron chi connectivity index (χ3n) is 4.54. The highest BCUT2D eigenvalue weighted by atomic mass is 16.5. The van der Waals surface area contributed by atoms with E-state index in [1.165, 1.54) is 5.56 Å². The van der Waals surface area contributed by atoms with Gasteiger partial charge in [-0.2, -0.15) is 5.10 Å². The summed E-state index contributed by atoms with van der Waals surface area (Å²) in [6.45, 7) is 8.61. The van der Waals surface area contributed by atoms with Crippen LogP contribution in [0, 0.1) is 19.8 Å². The normalized spacial score (nSPS) is 12.2. The fraction of sp³-hybridized carbons (Fsp3) is 0.524. The van der Waals surface area contributed by atoms with Crippen LogP contribution in [0.25, 0.3) is 5.69 Å². The molecule has 0 bridgehead atoms. The topological polar surface area (TPSA) is 53.4 Å². The van der Waals surface area contributed by atoms with Crippen LogP contribution in [0.1, 0.15) is 56.4 Å². The van der Waals surface area contributed by atoms with Gasteiger partial charge in [0, 0.05) is 13.2 Å². The molecule has 0 saturated carbocycles. The molecule has 26 heavy (non-hydrogen) atoms. The summed E-state index contributed by atoms with van der Waals surface area (Å²) in [4.78, 5) is 12.6. The van der Waals surface area contributed by atoms with E-state index in [1.807, 2.05) is 26.0 Å². The van der Waals surface area contributed by atoms with E-state index in [2.05, 4.69) is 25.0 Å². The summed E-state index contributed by atoms with van der Waals surface area (Å²) in [7, 11) is 1.62. The van der Waals surface area contributed by atoms with Gasteiger partial charge in [0.05, 0.1) is 23.9 Å². The van der Waals surface area contributed by atoms with E-state index >= 15 is 0 Å². The van der Waals surface area contributed by atoms with Crippen molar-refractivity contribution in [3.63, 3.8) is 0 Å². The first-order valence-electron chi connectivity index (χ1n) is 9.37. The number of nitrogens with zero attached hydrogens (tertiary/aromatic N) is 2. The van der Waals surface area contributed by atoms with Crippen molar-refractivity contribution >= 4 is 5.97 Å². The molecule has 142 valence electrons. The lowest BCUT2D eigenvalue weighted by atomic mass is 10.00. The smallest absolute Gasteiger partial charge is 0.315 e. The van der Waals surface area contributed by atoms with Crippen LogP contribution >= 0.6 is 0 Å². The molecule has 0 aliphatic heterocycles. The van der Waals surface area contributed by atoms with Gasteiger partial charge >= 0.3 is 5.97 Å². The number of aromatic nitrogens is 2. The fourth-order valence-corrected chi connectivity index (χ4v) is 3.04. The number of carbonyl (C=O) groups excluding carboxylic acids is 1. The Morgan fingerprint density at radius 1 is 1.23 bits per heavy atom. The van der Waals surface area contributed by atoms with Crippen LogP contribution in [0.4, 0.5) is 0 Å². The van der Waals surface area contributed by atoms with Crippen molar-refractivity contribution < 1.29 is 14.3 Å². The van der Waals surface area contributed by atoms with Crippen LogP contribution in [0.15, 0.2) is 24.3 Å². The molecule has 1 aromatic heterocycles. The van der Waals surface area contributed by atoms with Gasteiger partial charge in [-0.1, -0.05) is 44.4 Å². The Morgan fingerprint density at radius 2 is 2.00 bits per heavy atom. The lowest BCUT2D eigenvalue weighted by Crippen LogP contribution is -2.21. The fourth-order valence-electron chi connectivity index (χ4n) is 3.04. The highest BCUT2D eigenvalue weighted by molar-refractivity contribution is 5.75. The minimum Gasteiger partial charge on any atom is -0.407 e. The molecule has 0 fully saturated rings. The lowest BCUT2D eigenvalue weighted by Gasteiger charge is -2.15. The van der Waals surface area contributed by atoms with Gasteiger partial charge in [-0.3, -0.25) is 4.79 Å². The molecule has 5 heteroatoms. The van der Waals surface area contributed by atoms with Crippen LogP contribution in [0.5, 0.6) is 5.88 Å². The molecular formula is C21H30N2O3. The Bertz CT molecular complexity index is 737. The second-order valence-corrected chi connectivity index (χ2v) is 6.78. The summed E-state index contributed by atoms with van der Waals surface area (Å²) in [5, 5.41) is 4.58. The Hall–Kier alpha value is -2.14. The summed E-state index contributed by atoms with van der Waals surface area (Å²) in [5.41, 5.74) is 3.89. The zero-order valence-corrected chi connectivity index (χ0v) is 16.5. The van der Waals surface area contributed by atoms with Gasteiger partial charge in [0.2, 0.25) is 5.88 Å². The van der Waals surface area contributed by atoms with Crippen molar-refractivity contribution in [2.24, 2.45) is 5.92 Å². The molecule has 0 spiro atoms. The minimum absolute atomic E-state index is 0.0803. The van der Waals surface area contributed by atoms with E-state index in [0.29, 0.717) is 12.5 Å². The molecule has 0 saturated heterocycles. The average Bonchev–Trinajstić information content (AvgIpc) is 2.98. The molecule has 1 unspecified atom stereocenters. The van der Waals surface area contributed by atoms with Crippen molar-refractivity contribution in [3.05, 3.63) is 41.1 Å². The number of esters is 1. The van der Waals surface area contributed by atoms with Gasteiger partial charge in [0.15, 0.2) is 0 Å². The molecule has 1 aromatic carbocycles. The minimum atomic E-state index is -0.184. The zero-order valence-electron chi connectivity index (χ0n) is 16.5. The van der Waals surface area contributed by atoms with Crippen LogP contribution in [0.3, 0.4) is 0 Å². The number of methoxy groups -OCH3 is 1. The number of rotatable bonds is 9. The van der Waals surface area contributed by atoms with Crippen LogP contribution in [-0.2, 0) is 16.1 Å². The number of unbranched alkanes of at least 4 members (excludes halogenated alkanes) is 1. The third kappa shape index (κ3) is 4.94. The standard InChI is InChI=1S/C21H30N2O3/c1-6-8-9-17(7-2)21(24)26-20-13-18(14-25-5)22-23(20)19-11-10-15(3)12-16(19)4/h10-13,17H,6-9,14H2,1-5H3. The highest BCUT2D eigenvalue weighted by Gasteiger charge is 2.22.